The van der Waals surface area contributed by atoms with Crippen LogP contribution in [0, 0.1) is 11.8 Å². The van der Waals surface area contributed by atoms with E-state index in [2.05, 4.69) is 20.8 Å². The highest BCUT2D eigenvalue weighted by Gasteiger charge is 2.51. The van der Waals surface area contributed by atoms with Gasteiger partial charge in [-0.2, -0.15) is 0 Å². The molecule has 0 aromatic carbocycles. The van der Waals surface area contributed by atoms with Crippen LogP contribution in [-0.2, 0) is 33.3 Å². The first-order valence-electron chi connectivity index (χ1n) is 18.6. The molecule has 0 radical (unpaired) electrons. The number of epoxide rings is 1. The molecule has 4 rings (SSSR count). The van der Waals surface area contributed by atoms with Gasteiger partial charge in [-0.1, -0.05) is 63.1 Å². The van der Waals surface area contributed by atoms with Crippen molar-refractivity contribution in [1.29, 1.82) is 0 Å². The third-order valence-corrected chi connectivity index (χ3v) is 11.3. The van der Waals surface area contributed by atoms with Crippen LogP contribution < -0.4 is 0 Å². The standard InChI is InChI=1S/C41H60O9/c1-26(2)28-13-15-29(11-10-23-41(7)34(49-41)20-19-31(16-14-28)36(43)47-8)37(44)48-35-25-32(27(3)4)18-17-30-12-9-22-40(6,50-38(30)45)33(42)21-24-39(35,5)46/h11-12,14,16,25-27,33-35,42,46H,9-10,13,15,17-24H2,1-8H3/b28-14+,29-11+,31-16+,32-25+/t33-,34-,35+,39-,40-,41-/m1/s1. The Balaban J connectivity index is 1.66. The molecule has 9 nitrogen and oxygen atoms in total. The maximum atomic E-state index is 14.2. The van der Waals surface area contributed by atoms with E-state index in [0.29, 0.717) is 80.9 Å². The van der Waals surface area contributed by atoms with Crippen molar-refractivity contribution in [2.45, 2.75) is 161 Å². The Morgan fingerprint density at radius 1 is 0.820 bits per heavy atom. The lowest BCUT2D eigenvalue weighted by atomic mass is 9.83. The summed E-state index contributed by atoms with van der Waals surface area (Å²) in [5, 5.41) is 23.2. The number of aliphatic hydroxyl groups excluding tert-OH is 1. The maximum absolute atomic E-state index is 14.2. The largest absolute Gasteiger partial charge is 0.466 e. The van der Waals surface area contributed by atoms with E-state index in [0.717, 1.165) is 11.1 Å². The van der Waals surface area contributed by atoms with Gasteiger partial charge in [0.15, 0.2) is 0 Å². The third-order valence-electron chi connectivity index (χ3n) is 11.3. The van der Waals surface area contributed by atoms with Crippen LogP contribution >= 0.6 is 0 Å². The van der Waals surface area contributed by atoms with Crippen molar-refractivity contribution in [3.8, 4) is 0 Å². The maximum Gasteiger partial charge on any atom is 0.334 e. The molecule has 2 N–H and O–H groups in total. The van der Waals surface area contributed by atoms with Gasteiger partial charge in [-0.15, -0.1) is 0 Å². The molecule has 6 atom stereocenters. The summed E-state index contributed by atoms with van der Waals surface area (Å²) in [6, 6.07) is 0. The van der Waals surface area contributed by atoms with Gasteiger partial charge in [0.1, 0.15) is 17.3 Å². The highest BCUT2D eigenvalue weighted by molar-refractivity contribution is 5.90. The molecule has 0 aromatic rings. The molecular weight excluding hydrogens is 636 g/mol. The molecule has 1 aliphatic carbocycles. The quantitative estimate of drug-likeness (QED) is 0.131. The zero-order valence-electron chi connectivity index (χ0n) is 31.5. The van der Waals surface area contributed by atoms with Gasteiger partial charge in [0.05, 0.1) is 24.9 Å². The van der Waals surface area contributed by atoms with Crippen LogP contribution in [0.25, 0.3) is 0 Å². The van der Waals surface area contributed by atoms with Crippen LogP contribution in [0.4, 0.5) is 0 Å². The summed E-state index contributed by atoms with van der Waals surface area (Å²) < 4.78 is 23.3. The first-order chi connectivity index (χ1) is 23.5. The molecule has 0 saturated carbocycles. The number of esters is 3. The lowest BCUT2D eigenvalue weighted by Crippen LogP contribution is -2.46. The molecule has 0 aromatic heterocycles. The summed E-state index contributed by atoms with van der Waals surface area (Å²) in [4.78, 5) is 39.8. The fourth-order valence-corrected chi connectivity index (χ4v) is 7.25. The summed E-state index contributed by atoms with van der Waals surface area (Å²) in [5.41, 5.74) is 0.811. The van der Waals surface area contributed by atoms with Crippen molar-refractivity contribution in [1.82, 2.24) is 0 Å². The van der Waals surface area contributed by atoms with E-state index < -0.39 is 35.3 Å². The predicted molar refractivity (Wildman–Crippen MR) is 192 cm³/mol. The number of ether oxygens (including phenoxy) is 4. The minimum atomic E-state index is -1.51. The first-order valence-corrected chi connectivity index (χ1v) is 18.6. The average molecular weight is 697 g/mol. The molecule has 3 heterocycles. The topological polar surface area (TPSA) is 132 Å². The summed E-state index contributed by atoms with van der Waals surface area (Å²) >= 11 is 0. The van der Waals surface area contributed by atoms with Gasteiger partial charge in [0.2, 0.25) is 0 Å². The molecule has 0 spiro atoms. The number of carbonyl (C=O) groups excluding carboxylic acids is 3. The zero-order chi connectivity index (χ0) is 36.9. The molecule has 9 heteroatoms. The van der Waals surface area contributed by atoms with Crippen LogP contribution in [0.5, 0.6) is 0 Å². The second kappa shape index (κ2) is 16.6. The molecule has 278 valence electrons. The number of allylic oxidation sites excluding steroid dienone is 6. The lowest BCUT2D eigenvalue weighted by molar-refractivity contribution is -0.169. The summed E-state index contributed by atoms with van der Waals surface area (Å²) in [6.45, 7) is 13.7. The van der Waals surface area contributed by atoms with Gasteiger partial charge in [-0.05, 0) is 116 Å². The fourth-order valence-electron chi connectivity index (χ4n) is 7.25. The summed E-state index contributed by atoms with van der Waals surface area (Å²) in [7, 11) is 1.39. The summed E-state index contributed by atoms with van der Waals surface area (Å²) in [6.07, 6.45) is 13.5. The summed E-state index contributed by atoms with van der Waals surface area (Å²) in [5.74, 6) is -1.01. The van der Waals surface area contributed by atoms with Crippen molar-refractivity contribution >= 4 is 17.9 Å². The van der Waals surface area contributed by atoms with Crippen LogP contribution in [0.2, 0.25) is 0 Å². The van der Waals surface area contributed by atoms with Crippen LogP contribution in [0.1, 0.15) is 126 Å². The minimum absolute atomic E-state index is 0.0135. The normalized spacial score (nSPS) is 37.5. The highest BCUT2D eigenvalue weighted by atomic mass is 16.6. The van der Waals surface area contributed by atoms with Crippen molar-refractivity contribution in [3.63, 3.8) is 0 Å². The van der Waals surface area contributed by atoms with Crippen molar-refractivity contribution < 1.29 is 43.5 Å². The van der Waals surface area contributed by atoms with E-state index in [1.54, 1.807) is 13.8 Å². The number of hydrogen-bond acceptors (Lipinski definition) is 9. The van der Waals surface area contributed by atoms with Gasteiger partial charge in [-0.25, -0.2) is 14.4 Å². The van der Waals surface area contributed by atoms with Gasteiger partial charge in [-0.3, -0.25) is 0 Å². The Labute approximate surface area is 298 Å². The van der Waals surface area contributed by atoms with Crippen molar-refractivity contribution in [2.75, 3.05) is 7.11 Å². The molecule has 0 amide bonds. The molecule has 0 unspecified atom stereocenters. The van der Waals surface area contributed by atoms with Crippen LogP contribution in [-0.4, -0.2) is 70.3 Å². The minimum Gasteiger partial charge on any atom is -0.466 e. The molecule has 1 saturated heterocycles. The SMILES string of the molecule is COC(=O)/C1=C/C=C(/C(C)C)CC/C(C(=O)O[C@H]2/C=C(/C(C)C)CCC3=CCC[C@@](C)(OC3=O)[C@H](O)CC[C@@]2(C)O)=C\CC[C@@]2(C)O[C@@H]2CC1. The van der Waals surface area contributed by atoms with E-state index >= 15 is 0 Å². The van der Waals surface area contributed by atoms with E-state index in [9.17, 15) is 24.6 Å². The number of methoxy groups -OCH3 is 1. The Morgan fingerprint density at radius 2 is 1.48 bits per heavy atom. The Kier molecular flexibility index (Phi) is 13.2. The second-order valence-corrected chi connectivity index (χ2v) is 15.9. The number of hydrogen-bond donors (Lipinski definition) is 2. The van der Waals surface area contributed by atoms with Crippen LogP contribution in [0.15, 0.2) is 58.2 Å². The van der Waals surface area contributed by atoms with E-state index in [-0.39, 0.29) is 42.4 Å². The Morgan fingerprint density at radius 3 is 2.16 bits per heavy atom. The first kappa shape index (κ1) is 39.8. The molecule has 2 bridgehead atoms. The molecule has 50 heavy (non-hydrogen) atoms. The Hall–Kier alpha value is -3.01. The predicted octanol–water partition coefficient (Wildman–Crippen LogP) is 7.31. The van der Waals surface area contributed by atoms with Gasteiger partial charge >= 0.3 is 17.9 Å². The molecular formula is C41H60O9. The van der Waals surface area contributed by atoms with Crippen molar-refractivity contribution in [3.05, 3.63) is 58.2 Å². The highest BCUT2D eigenvalue weighted by Crippen LogP contribution is 2.44. The molecule has 3 aliphatic heterocycles. The zero-order valence-corrected chi connectivity index (χ0v) is 31.5. The number of fused-ring (bicyclic) bond motifs is 4. The fraction of sp³-hybridized carbons (Fsp3) is 0.683. The lowest BCUT2D eigenvalue weighted by Gasteiger charge is -2.36. The number of rotatable bonds is 5. The number of carbonyl (C=O) groups is 3. The third kappa shape index (κ3) is 10.1. The van der Waals surface area contributed by atoms with Crippen molar-refractivity contribution in [2.24, 2.45) is 11.8 Å². The van der Waals surface area contributed by atoms with Gasteiger partial charge in [0, 0.05) is 16.7 Å². The van der Waals surface area contributed by atoms with E-state index in [4.69, 9.17) is 18.9 Å². The second-order valence-electron chi connectivity index (χ2n) is 15.9. The van der Waals surface area contributed by atoms with E-state index in [1.807, 2.05) is 44.2 Å². The smallest absolute Gasteiger partial charge is 0.334 e. The van der Waals surface area contributed by atoms with Gasteiger partial charge < -0.3 is 29.2 Å². The number of aliphatic hydroxyl groups is 2. The average Bonchev–Trinajstić information content (AvgIpc) is 3.74. The van der Waals surface area contributed by atoms with Crippen LogP contribution in [0.3, 0.4) is 0 Å². The molecule has 1 fully saturated rings. The van der Waals surface area contributed by atoms with Gasteiger partial charge in [0.25, 0.3) is 0 Å². The Bertz CT molecular complexity index is 1430. The van der Waals surface area contributed by atoms with E-state index in [1.165, 1.54) is 7.11 Å². The molecule has 4 aliphatic rings. The monoisotopic (exact) mass is 696 g/mol.